The van der Waals surface area contributed by atoms with Crippen molar-refractivity contribution in [1.82, 2.24) is 9.55 Å². The molecule has 0 saturated carbocycles. The van der Waals surface area contributed by atoms with E-state index in [9.17, 15) is 4.79 Å². The van der Waals surface area contributed by atoms with Crippen LogP contribution in [0.25, 0.3) is 0 Å². The van der Waals surface area contributed by atoms with Crippen LogP contribution in [0.2, 0.25) is 0 Å². The van der Waals surface area contributed by atoms with Crippen LogP contribution in [0.3, 0.4) is 0 Å². The highest BCUT2D eigenvalue weighted by Gasteiger charge is 2.16. The summed E-state index contributed by atoms with van der Waals surface area (Å²) in [5.74, 6) is -0.208. The van der Waals surface area contributed by atoms with Gasteiger partial charge in [-0.05, 0) is 13.0 Å². The van der Waals surface area contributed by atoms with Gasteiger partial charge in [-0.15, -0.1) is 0 Å². The number of hydrogen-bond donors (Lipinski definition) is 1. The fourth-order valence-electron chi connectivity index (χ4n) is 1.45. The van der Waals surface area contributed by atoms with Gasteiger partial charge in [0.05, 0.1) is 32.0 Å². The van der Waals surface area contributed by atoms with Crippen molar-refractivity contribution in [2.75, 3.05) is 12.3 Å². The fraction of sp³-hybridized carbons (Fsp3) is 0.273. The number of imidazole rings is 1. The van der Waals surface area contributed by atoms with Gasteiger partial charge in [-0.1, -0.05) is 0 Å². The van der Waals surface area contributed by atoms with E-state index in [1.54, 1.807) is 24.0 Å². The molecule has 2 aromatic rings. The third kappa shape index (κ3) is 2.30. The number of carbonyl (C=O) groups is 1. The molecular weight excluding hydrogens is 222 g/mol. The molecule has 0 radical (unpaired) electrons. The van der Waals surface area contributed by atoms with Gasteiger partial charge < -0.3 is 19.5 Å². The molecule has 0 fully saturated rings. The Balaban J connectivity index is 2.18. The largest absolute Gasteiger partial charge is 0.472 e. The summed E-state index contributed by atoms with van der Waals surface area (Å²) in [7, 11) is 0. The molecule has 0 amide bonds. The molecule has 17 heavy (non-hydrogen) atoms. The number of nitrogens with zero attached hydrogens (tertiary/aromatic N) is 2. The Labute approximate surface area is 98.0 Å². The van der Waals surface area contributed by atoms with Gasteiger partial charge >= 0.3 is 5.97 Å². The van der Waals surface area contributed by atoms with Crippen molar-refractivity contribution in [3.8, 4) is 0 Å². The summed E-state index contributed by atoms with van der Waals surface area (Å²) in [6, 6.07) is 1.82. The van der Waals surface area contributed by atoms with Crippen LogP contribution >= 0.6 is 0 Å². The van der Waals surface area contributed by atoms with Crippen molar-refractivity contribution in [3.05, 3.63) is 36.2 Å². The van der Waals surface area contributed by atoms with Crippen LogP contribution in [-0.4, -0.2) is 22.1 Å². The average Bonchev–Trinajstić information content (AvgIpc) is 2.91. The van der Waals surface area contributed by atoms with Crippen molar-refractivity contribution < 1.29 is 13.9 Å². The molecule has 2 rings (SSSR count). The Morgan fingerprint density at radius 1 is 1.65 bits per heavy atom. The molecule has 0 unspecified atom stereocenters. The first-order valence-corrected chi connectivity index (χ1v) is 5.21. The van der Waals surface area contributed by atoms with Crippen molar-refractivity contribution in [2.24, 2.45) is 0 Å². The molecule has 2 N–H and O–H groups in total. The number of nitrogens with two attached hydrogens (primary N) is 1. The number of furan rings is 1. The number of ether oxygens (including phenoxy) is 1. The monoisotopic (exact) mass is 235 g/mol. The minimum absolute atomic E-state index is 0.148. The van der Waals surface area contributed by atoms with Crippen LogP contribution < -0.4 is 5.73 Å². The van der Waals surface area contributed by atoms with E-state index in [4.69, 9.17) is 14.9 Å². The second-order valence-electron chi connectivity index (χ2n) is 3.46. The number of hydrogen-bond acceptors (Lipinski definition) is 5. The Bertz CT molecular complexity index is 502. The van der Waals surface area contributed by atoms with E-state index in [0.29, 0.717) is 19.0 Å². The summed E-state index contributed by atoms with van der Waals surface area (Å²) in [4.78, 5) is 15.4. The average molecular weight is 235 g/mol. The van der Waals surface area contributed by atoms with Gasteiger partial charge in [0, 0.05) is 5.56 Å². The maximum Gasteiger partial charge on any atom is 0.360 e. The lowest BCUT2D eigenvalue weighted by atomic mass is 10.3. The highest BCUT2D eigenvalue weighted by molar-refractivity contribution is 5.92. The van der Waals surface area contributed by atoms with Crippen molar-refractivity contribution in [1.29, 1.82) is 0 Å². The molecule has 6 nitrogen and oxygen atoms in total. The lowest BCUT2D eigenvalue weighted by Gasteiger charge is -2.03. The molecule has 6 heteroatoms. The lowest BCUT2D eigenvalue weighted by molar-refractivity contribution is 0.0521. The summed E-state index contributed by atoms with van der Waals surface area (Å²) in [6.07, 6.45) is 4.70. The molecule has 90 valence electrons. The molecule has 0 aromatic carbocycles. The van der Waals surface area contributed by atoms with Crippen molar-refractivity contribution in [2.45, 2.75) is 13.5 Å². The molecule has 0 bridgehead atoms. The second-order valence-corrected chi connectivity index (χ2v) is 3.46. The van der Waals surface area contributed by atoms with E-state index in [1.165, 1.54) is 6.33 Å². The normalized spacial score (nSPS) is 10.4. The topological polar surface area (TPSA) is 83.3 Å². The summed E-state index contributed by atoms with van der Waals surface area (Å²) in [5, 5.41) is 0. The molecular formula is C11H13N3O3. The zero-order valence-electron chi connectivity index (χ0n) is 9.42. The summed E-state index contributed by atoms with van der Waals surface area (Å²) >= 11 is 0. The quantitative estimate of drug-likeness (QED) is 0.807. The van der Waals surface area contributed by atoms with Gasteiger partial charge in [0.2, 0.25) is 0 Å². The Hall–Kier alpha value is -2.24. The van der Waals surface area contributed by atoms with E-state index in [0.717, 1.165) is 5.56 Å². The first-order valence-electron chi connectivity index (χ1n) is 5.21. The predicted molar refractivity (Wildman–Crippen MR) is 60.4 cm³/mol. The minimum atomic E-state index is -0.504. The predicted octanol–water partition coefficient (Wildman–Crippen LogP) is 1.28. The Morgan fingerprint density at radius 2 is 2.47 bits per heavy atom. The number of anilines is 1. The molecule has 0 aliphatic rings. The number of carbonyl (C=O) groups excluding carboxylic acids is 1. The summed E-state index contributed by atoms with van der Waals surface area (Å²) < 4.78 is 11.5. The van der Waals surface area contributed by atoms with Gasteiger partial charge in [-0.2, -0.15) is 0 Å². The van der Waals surface area contributed by atoms with E-state index >= 15 is 0 Å². The summed E-state index contributed by atoms with van der Waals surface area (Å²) in [5.41, 5.74) is 6.92. The van der Waals surface area contributed by atoms with E-state index in [1.807, 2.05) is 6.07 Å². The first-order chi connectivity index (χ1) is 8.22. The van der Waals surface area contributed by atoms with E-state index < -0.39 is 5.97 Å². The zero-order valence-corrected chi connectivity index (χ0v) is 9.42. The maximum absolute atomic E-state index is 11.5. The third-order valence-corrected chi connectivity index (χ3v) is 2.28. The zero-order chi connectivity index (χ0) is 12.3. The molecule has 2 heterocycles. The SMILES string of the molecule is CCOC(=O)c1ncn(Cc2ccoc2)c1N. The highest BCUT2D eigenvalue weighted by Crippen LogP contribution is 2.14. The Morgan fingerprint density at radius 3 is 3.12 bits per heavy atom. The minimum Gasteiger partial charge on any atom is -0.472 e. The number of esters is 1. The van der Waals surface area contributed by atoms with Gasteiger partial charge in [0.25, 0.3) is 0 Å². The molecule has 0 atom stereocenters. The van der Waals surface area contributed by atoms with Crippen LogP contribution in [0.4, 0.5) is 5.82 Å². The molecule has 0 aliphatic heterocycles. The molecule has 0 aliphatic carbocycles. The maximum atomic E-state index is 11.5. The summed E-state index contributed by atoms with van der Waals surface area (Å²) in [6.45, 7) is 2.54. The van der Waals surface area contributed by atoms with Crippen molar-refractivity contribution >= 4 is 11.8 Å². The second kappa shape index (κ2) is 4.73. The van der Waals surface area contributed by atoms with Crippen LogP contribution in [0, 0.1) is 0 Å². The van der Waals surface area contributed by atoms with Gasteiger partial charge in [-0.3, -0.25) is 0 Å². The standard InChI is InChI=1S/C11H13N3O3/c1-2-17-11(15)9-10(12)14(7-13-9)5-8-3-4-16-6-8/h3-4,6-7H,2,5,12H2,1H3. The van der Waals surface area contributed by atoms with E-state index in [2.05, 4.69) is 4.98 Å². The number of rotatable bonds is 4. The van der Waals surface area contributed by atoms with Crippen LogP contribution in [-0.2, 0) is 11.3 Å². The first kappa shape index (κ1) is 11.3. The lowest BCUT2D eigenvalue weighted by Crippen LogP contribution is -2.10. The smallest absolute Gasteiger partial charge is 0.360 e. The van der Waals surface area contributed by atoms with Crippen LogP contribution in [0.1, 0.15) is 23.0 Å². The molecule has 0 saturated heterocycles. The fourth-order valence-corrected chi connectivity index (χ4v) is 1.45. The van der Waals surface area contributed by atoms with Crippen LogP contribution in [0.15, 0.2) is 29.3 Å². The highest BCUT2D eigenvalue weighted by atomic mass is 16.5. The van der Waals surface area contributed by atoms with Gasteiger partial charge in [0.15, 0.2) is 5.69 Å². The molecule has 2 aromatic heterocycles. The van der Waals surface area contributed by atoms with Gasteiger partial charge in [0.1, 0.15) is 5.82 Å². The van der Waals surface area contributed by atoms with Crippen LogP contribution in [0.5, 0.6) is 0 Å². The number of nitrogen functional groups attached to an aromatic ring is 1. The number of aromatic nitrogens is 2. The Kier molecular flexibility index (Phi) is 3.13. The van der Waals surface area contributed by atoms with E-state index in [-0.39, 0.29) is 5.69 Å². The molecule has 0 spiro atoms. The van der Waals surface area contributed by atoms with Gasteiger partial charge in [-0.25, -0.2) is 9.78 Å². The van der Waals surface area contributed by atoms with Crippen molar-refractivity contribution in [3.63, 3.8) is 0 Å². The third-order valence-electron chi connectivity index (χ3n) is 2.28.